The Morgan fingerprint density at radius 1 is 1.04 bits per heavy atom. The largest absolute Gasteiger partial charge is 0.326 e. The van der Waals surface area contributed by atoms with Crippen molar-refractivity contribution < 1.29 is 31.3 Å². The Hall–Kier alpha value is -2.32. The maximum atomic E-state index is 13.9. The summed E-state index contributed by atoms with van der Waals surface area (Å²) in [5.41, 5.74) is -2.19. The second-order valence-corrected chi connectivity index (χ2v) is 4.92. The lowest BCUT2D eigenvalue weighted by atomic mass is 10.2. The minimum Gasteiger partial charge on any atom is -0.305 e. The van der Waals surface area contributed by atoms with Gasteiger partial charge in [-0.15, -0.1) is 0 Å². The Bertz CT molecular complexity index is 963. The first-order valence-corrected chi connectivity index (χ1v) is 6.63. The molecule has 0 spiro atoms. The Kier molecular flexibility index (Phi) is 4.14. The second-order valence-electron chi connectivity index (χ2n) is 4.13. The number of imide groups is 1. The summed E-state index contributed by atoms with van der Waals surface area (Å²) in [5, 5.41) is 1.49. The summed E-state index contributed by atoms with van der Waals surface area (Å²) in [6.07, 6.45) is 0. The van der Waals surface area contributed by atoms with Crippen LogP contribution in [-0.2, 0) is 0 Å². The first-order chi connectivity index (χ1) is 12.5. The van der Waals surface area contributed by atoms with Crippen LogP contribution in [0.1, 0.15) is 14.5 Å². The molecular weight excluding hydrogens is 375 g/mol. The summed E-state index contributed by atoms with van der Waals surface area (Å²) in [6.45, 7) is 0. The molecule has 0 aliphatic heterocycles. The van der Waals surface area contributed by atoms with Gasteiger partial charge in [-0.25, -0.2) is 22.4 Å². The van der Waals surface area contributed by atoms with Crippen LogP contribution in [0.3, 0.4) is 0 Å². The lowest BCUT2D eigenvalue weighted by molar-refractivity contribution is 0.0959. The van der Waals surface area contributed by atoms with E-state index < -0.39 is 74.6 Å². The molecule has 3 amide bonds. The van der Waals surface area contributed by atoms with Gasteiger partial charge in [0.1, 0.15) is 22.2 Å². The fourth-order valence-corrected chi connectivity index (χ4v) is 2.00. The van der Waals surface area contributed by atoms with Gasteiger partial charge < -0.3 is 5.32 Å². The molecule has 126 valence electrons. The van der Waals surface area contributed by atoms with Gasteiger partial charge in [0.05, 0.1) is 14.8 Å². The summed E-state index contributed by atoms with van der Waals surface area (Å²) in [5.74, 6) is -7.94. The molecule has 4 nitrogen and oxygen atoms in total. The highest BCUT2D eigenvalue weighted by Crippen LogP contribution is 2.31. The van der Waals surface area contributed by atoms with Gasteiger partial charge in [-0.1, -0.05) is 29.2 Å². The molecule has 0 saturated heterocycles. The topological polar surface area (TPSA) is 58.2 Å². The highest BCUT2D eigenvalue weighted by molar-refractivity contribution is 6.35. The van der Waals surface area contributed by atoms with Gasteiger partial charge in [-0.3, -0.25) is 10.1 Å². The van der Waals surface area contributed by atoms with Crippen molar-refractivity contribution in [2.24, 2.45) is 0 Å². The van der Waals surface area contributed by atoms with Crippen molar-refractivity contribution in [1.29, 1.82) is 0 Å². The van der Waals surface area contributed by atoms with Crippen molar-refractivity contribution in [2.45, 2.75) is 0 Å². The van der Waals surface area contributed by atoms with Gasteiger partial charge in [-0.2, -0.15) is 0 Å². The highest BCUT2D eigenvalue weighted by atomic mass is 35.5. The van der Waals surface area contributed by atoms with Crippen LogP contribution < -0.4 is 10.6 Å². The number of amides is 3. The Balaban J connectivity index is 2.30. The Labute approximate surface area is 146 Å². The highest BCUT2D eigenvalue weighted by Gasteiger charge is 2.21. The van der Waals surface area contributed by atoms with Crippen LogP contribution in [0.15, 0.2) is 24.2 Å². The van der Waals surface area contributed by atoms with Crippen LogP contribution in [0, 0.1) is 23.3 Å². The van der Waals surface area contributed by atoms with Gasteiger partial charge in [0.25, 0.3) is 5.91 Å². The quantitative estimate of drug-likeness (QED) is 0.455. The van der Waals surface area contributed by atoms with Crippen LogP contribution >= 0.6 is 23.2 Å². The molecule has 0 fully saturated rings. The van der Waals surface area contributed by atoms with E-state index >= 15 is 0 Å². The average molecular weight is 384 g/mol. The van der Waals surface area contributed by atoms with E-state index in [1.807, 2.05) is 0 Å². The molecule has 10 heteroatoms. The standard InChI is InChI=1S/C14H6Cl2F4N2O2/c15-5-4-8(12(20)10(16)11(5)19)21-14(24)22-13(23)9-6(17)2-1-3-7(9)18/h1-4H,(H2,21,22,23,24)/i1D,2D,3D. The van der Waals surface area contributed by atoms with Crippen molar-refractivity contribution in [3.8, 4) is 0 Å². The first kappa shape index (κ1) is 14.1. The molecule has 0 aromatic heterocycles. The lowest BCUT2D eigenvalue weighted by Crippen LogP contribution is -2.35. The second kappa shape index (κ2) is 7.06. The SMILES string of the molecule is [2H]c1c([2H])c(F)c(C(=O)NC(=O)Nc2cc(Cl)c(F)c(Cl)c2F)c(F)c1[2H]. The minimum atomic E-state index is -1.77. The molecule has 2 N–H and O–H groups in total. The van der Waals surface area contributed by atoms with Crippen molar-refractivity contribution in [2.75, 3.05) is 5.32 Å². The van der Waals surface area contributed by atoms with Crippen molar-refractivity contribution in [3.63, 3.8) is 0 Å². The number of nitrogens with one attached hydrogen (secondary N) is 2. The number of hydrogen-bond acceptors (Lipinski definition) is 2. The zero-order valence-corrected chi connectivity index (χ0v) is 12.7. The monoisotopic (exact) mass is 383 g/mol. The summed E-state index contributed by atoms with van der Waals surface area (Å²) >= 11 is 10.8. The molecule has 0 heterocycles. The van der Waals surface area contributed by atoms with Crippen LogP contribution in [-0.4, -0.2) is 11.9 Å². The average Bonchev–Trinajstić information content (AvgIpc) is 2.61. The third kappa shape index (κ3) is 3.60. The maximum Gasteiger partial charge on any atom is 0.326 e. The van der Waals surface area contributed by atoms with Gasteiger partial charge in [0.15, 0.2) is 11.6 Å². The molecule has 0 saturated carbocycles. The normalized spacial score (nSPS) is 12.2. The molecule has 2 aromatic carbocycles. The van der Waals surface area contributed by atoms with E-state index in [-0.39, 0.29) is 0 Å². The van der Waals surface area contributed by atoms with Crippen LogP contribution in [0.25, 0.3) is 0 Å². The van der Waals surface area contributed by atoms with Gasteiger partial charge >= 0.3 is 6.03 Å². The van der Waals surface area contributed by atoms with Gasteiger partial charge in [0, 0.05) is 0 Å². The molecule has 2 rings (SSSR count). The molecule has 0 unspecified atom stereocenters. The van der Waals surface area contributed by atoms with Crippen LogP contribution in [0.2, 0.25) is 10.0 Å². The summed E-state index contributed by atoms with van der Waals surface area (Å²) in [6, 6.07) is -4.40. The molecule has 0 bridgehead atoms. The van der Waals surface area contributed by atoms with Gasteiger partial charge in [-0.05, 0) is 18.2 Å². The minimum absolute atomic E-state index is 0.641. The molecule has 24 heavy (non-hydrogen) atoms. The predicted molar refractivity (Wildman–Crippen MR) is 79.2 cm³/mol. The van der Waals surface area contributed by atoms with Crippen molar-refractivity contribution in [3.05, 3.63) is 63.1 Å². The fraction of sp³-hybridized carbons (Fsp3) is 0. The Morgan fingerprint density at radius 3 is 2.21 bits per heavy atom. The molecule has 0 aliphatic carbocycles. The van der Waals surface area contributed by atoms with E-state index in [1.54, 1.807) is 5.32 Å². The number of hydrogen-bond donors (Lipinski definition) is 2. The third-order valence-corrected chi connectivity index (χ3v) is 3.20. The molecule has 2 aromatic rings. The molecule has 0 aliphatic rings. The number of carbonyl (C=O) groups is 2. The van der Waals surface area contributed by atoms with E-state index in [9.17, 15) is 27.2 Å². The number of carbonyl (C=O) groups excluding carboxylic acids is 2. The summed E-state index contributed by atoms with van der Waals surface area (Å²) < 4.78 is 76.5. The van der Waals surface area contributed by atoms with E-state index in [2.05, 4.69) is 0 Å². The fourth-order valence-electron chi connectivity index (χ4n) is 1.54. The third-order valence-electron chi connectivity index (χ3n) is 2.59. The number of urea groups is 1. The van der Waals surface area contributed by atoms with Crippen molar-refractivity contribution in [1.82, 2.24) is 5.32 Å². The number of benzene rings is 2. The summed E-state index contributed by atoms with van der Waals surface area (Å²) in [4.78, 5) is 23.6. The summed E-state index contributed by atoms with van der Waals surface area (Å²) in [7, 11) is 0. The molecule has 0 atom stereocenters. The van der Waals surface area contributed by atoms with Crippen LogP contribution in [0.4, 0.5) is 28.0 Å². The Morgan fingerprint density at radius 2 is 1.62 bits per heavy atom. The van der Waals surface area contributed by atoms with E-state index in [0.717, 1.165) is 0 Å². The predicted octanol–water partition coefficient (Wildman–Crippen LogP) is 4.51. The molecule has 0 radical (unpaired) electrons. The number of anilines is 1. The molecular formula is C14H6Cl2F4N2O2. The van der Waals surface area contributed by atoms with E-state index in [0.29, 0.717) is 6.07 Å². The number of rotatable bonds is 2. The van der Waals surface area contributed by atoms with Crippen molar-refractivity contribution >= 4 is 40.8 Å². The van der Waals surface area contributed by atoms with Gasteiger partial charge in [0.2, 0.25) is 0 Å². The van der Waals surface area contributed by atoms with E-state index in [1.165, 1.54) is 5.32 Å². The number of halogens is 6. The zero-order chi connectivity index (χ0) is 20.6. The lowest BCUT2D eigenvalue weighted by Gasteiger charge is -2.10. The van der Waals surface area contributed by atoms with E-state index in [4.69, 9.17) is 27.3 Å². The first-order valence-electron chi connectivity index (χ1n) is 7.37. The zero-order valence-electron chi connectivity index (χ0n) is 14.2. The van der Waals surface area contributed by atoms with Crippen LogP contribution in [0.5, 0.6) is 0 Å². The maximum absolute atomic E-state index is 13.9. The smallest absolute Gasteiger partial charge is 0.305 e.